The number of carbonyl (C=O) groups excluding carboxylic acids is 1. The largest absolute Gasteiger partial charge is 0.480 e. The summed E-state index contributed by atoms with van der Waals surface area (Å²) in [5.41, 5.74) is 2.90. The average molecular weight is 496 g/mol. The highest BCUT2D eigenvalue weighted by atomic mass is 16.5. The zero-order chi connectivity index (χ0) is 26.0. The third-order valence-corrected chi connectivity index (χ3v) is 6.57. The van der Waals surface area contributed by atoms with Crippen molar-refractivity contribution in [3.63, 3.8) is 0 Å². The lowest BCUT2D eigenvalue weighted by molar-refractivity contribution is 0.102. The molecule has 5 rings (SSSR count). The lowest BCUT2D eigenvalue weighted by atomic mass is 9.83. The number of fused-ring (bicyclic) bond motifs is 1. The molecule has 0 aliphatic carbocycles. The number of benzene rings is 2. The molecule has 0 saturated carbocycles. The van der Waals surface area contributed by atoms with Crippen LogP contribution < -0.4 is 10.1 Å². The Morgan fingerprint density at radius 1 is 1.00 bits per heavy atom. The highest BCUT2D eigenvalue weighted by Gasteiger charge is 2.37. The Morgan fingerprint density at radius 2 is 1.65 bits per heavy atom. The van der Waals surface area contributed by atoms with E-state index < -0.39 is 5.60 Å². The van der Waals surface area contributed by atoms with Crippen molar-refractivity contribution in [2.45, 2.75) is 32.5 Å². The molecular weight excluding hydrogens is 466 g/mol. The van der Waals surface area contributed by atoms with Crippen molar-refractivity contribution in [2.24, 2.45) is 0 Å². The minimum absolute atomic E-state index is 0.204. The number of hydrogen-bond donors (Lipinski definition) is 2. The molecule has 37 heavy (non-hydrogen) atoms. The number of nitrogens with zero attached hydrogens (tertiary/aromatic N) is 4. The number of aromatic nitrogens is 4. The first-order chi connectivity index (χ1) is 18.0. The highest BCUT2D eigenvalue weighted by Crippen LogP contribution is 2.39. The second kappa shape index (κ2) is 9.91. The van der Waals surface area contributed by atoms with E-state index in [4.69, 9.17) is 4.74 Å². The van der Waals surface area contributed by atoms with Crippen molar-refractivity contribution in [2.75, 3.05) is 12.4 Å². The average Bonchev–Trinajstić information content (AvgIpc) is 3.56. The van der Waals surface area contributed by atoms with Gasteiger partial charge in [0.25, 0.3) is 5.91 Å². The fourth-order valence-corrected chi connectivity index (χ4v) is 4.74. The number of ether oxygens (including phenoxy) is 1. The molecule has 3 aromatic heterocycles. The van der Waals surface area contributed by atoms with Crippen LogP contribution in [-0.2, 0) is 18.7 Å². The fraction of sp³-hybridized carbons (Fsp3) is 0.207. The number of aryl methyl sites for hydroxylation is 2. The summed E-state index contributed by atoms with van der Waals surface area (Å²) in [6, 6.07) is 22.8. The van der Waals surface area contributed by atoms with Crippen LogP contribution in [0.25, 0.3) is 11.0 Å². The van der Waals surface area contributed by atoms with E-state index in [0.717, 1.165) is 16.6 Å². The summed E-state index contributed by atoms with van der Waals surface area (Å²) < 4.78 is 9.24. The van der Waals surface area contributed by atoms with Crippen LogP contribution in [0.15, 0.2) is 85.2 Å². The van der Waals surface area contributed by atoms with Crippen LogP contribution >= 0.6 is 0 Å². The van der Waals surface area contributed by atoms with Gasteiger partial charge in [-0.3, -0.25) is 9.48 Å². The number of nitrogens with one attached hydrogen (secondary N) is 1. The van der Waals surface area contributed by atoms with Crippen molar-refractivity contribution in [3.8, 4) is 5.88 Å². The van der Waals surface area contributed by atoms with Crippen molar-refractivity contribution in [3.05, 3.63) is 108 Å². The quantitative estimate of drug-likeness (QED) is 0.322. The van der Waals surface area contributed by atoms with Crippen molar-refractivity contribution < 1.29 is 14.6 Å². The number of rotatable bonds is 8. The number of methoxy groups -OCH3 is 1. The lowest BCUT2D eigenvalue weighted by Gasteiger charge is -2.31. The molecular formula is C29H29N5O3. The first-order valence-corrected chi connectivity index (χ1v) is 12.3. The van der Waals surface area contributed by atoms with Crippen molar-refractivity contribution >= 4 is 22.6 Å². The number of amides is 1. The molecule has 0 aliphatic heterocycles. The van der Waals surface area contributed by atoms with Gasteiger partial charge < -0.3 is 19.7 Å². The Balaban J connectivity index is 1.68. The molecule has 8 nitrogen and oxygen atoms in total. The van der Waals surface area contributed by atoms with E-state index >= 15 is 0 Å². The molecule has 0 bridgehead atoms. The van der Waals surface area contributed by atoms with Gasteiger partial charge in [-0.1, -0.05) is 60.7 Å². The molecule has 0 radical (unpaired) electrons. The minimum atomic E-state index is -1.44. The molecule has 0 saturated heterocycles. The standard InChI is InChI=1S/C29H29N5O3/c1-4-33-19-22(18-30-33)31-27(35)23-16-25-24(32-28(23)37-3)17-26(34(25)5-2)29(36,20-12-8-6-9-13-20)21-14-10-7-11-15-21/h6-19,36H,4-5H2,1-3H3,(H,31,35). The summed E-state index contributed by atoms with van der Waals surface area (Å²) in [6.07, 6.45) is 3.37. The molecule has 188 valence electrons. The molecule has 2 N–H and O–H groups in total. The second-order valence-electron chi connectivity index (χ2n) is 8.70. The van der Waals surface area contributed by atoms with Crippen molar-refractivity contribution in [1.29, 1.82) is 0 Å². The molecule has 0 atom stereocenters. The first kappa shape index (κ1) is 24.3. The van der Waals surface area contributed by atoms with E-state index in [2.05, 4.69) is 15.4 Å². The topological polar surface area (TPSA) is 94.2 Å². The summed E-state index contributed by atoms with van der Waals surface area (Å²) in [5.74, 6) is -0.149. The van der Waals surface area contributed by atoms with Gasteiger partial charge in [-0.15, -0.1) is 0 Å². The van der Waals surface area contributed by atoms with Crippen molar-refractivity contribution in [1.82, 2.24) is 19.3 Å². The molecule has 0 aliphatic rings. The number of anilines is 1. The minimum Gasteiger partial charge on any atom is -0.480 e. The predicted octanol–water partition coefficient (Wildman–Crippen LogP) is 4.82. The van der Waals surface area contributed by atoms with E-state index in [1.807, 2.05) is 85.1 Å². The van der Waals surface area contributed by atoms with Gasteiger partial charge in [0, 0.05) is 19.3 Å². The normalized spacial score (nSPS) is 11.6. The lowest BCUT2D eigenvalue weighted by Crippen LogP contribution is -2.31. The van der Waals surface area contributed by atoms with Gasteiger partial charge in [0.15, 0.2) is 5.60 Å². The first-order valence-electron chi connectivity index (χ1n) is 12.3. The summed E-state index contributed by atoms with van der Waals surface area (Å²) >= 11 is 0. The maximum atomic E-state index is 13.3. The molecule has 2 aromatic carbocycles. The van der Waals surface area contributed by atoms with Crippen LogP contribution in [0.4, 0.5) is 5.69 Å². The summed E-state index contributed by atoms with van der Waals surface area (Å²) in [6.45, 7) is 5.23. The smallest absolute Gasteiger partial charge is 0.261 e. The van der Waals surface area contributed by atoms with Crippen LogP contribution in [0.2, 0.25) is 0 Å². The summed E-state index contributed by atoms with van der Waals surface area (Å²) in [7, 11) is 1.49. The molecule has 8 heteroatoms. The number of hydrogen-bond acceptors (Lipinski definition) is 5. The Morgan fingerprint density at radius 3 is 2.19 bits per heavy atom. The molecule has 5 aromatic rings. The van der Waals surface area contributed by atoms with Gasteiger partial charge in [-0.2, -0.15) is 5.10 Å². The van der Waals surface area contributed by atoms with Gasteiger partial charge in [0.2, 0.25) is 5.88 Å². The maximum Gasteiger partial charge on any atom is 0.261 e. The number of aliphatic hydroxyl groups is 1. The zero-order valence-electron chi connectivity index (χ0n) is 21.0. The van der Waals surface area contributed by atoms with E-state index in [1.54, 1.807) is 23.1 Å². The third kappa shape index (κ3) is 4.25. The van der Waals surface area contributed by atoms with E-state index in [0.29, 0.717) is 35.6 Å². The SMILES string of the molecule is CCn1cc(NC(=O)c2cc3c(cc(C(O)(c4ccccc4)c4ccccc4)n3CC)nc2OC)cn1. The Kier molecular flexibility index (Phi) is 6.50. The van der Waals surface area contributed by atoms with Crippen LogP contribution in [0.1, 0.15) is 41.0 Å². The van der Waals surface area contributed by atoms with Gasteiger partial charge >= 0.3 is 0 Å². The molecule has 1 amide bonds. The van der Waals surface area contributed by atoms with Gasteiger partial charge in [0.1, 0.15) is 5.56 Å². The third-order valence-electron chi connectivity index (χ3n) is 6.57. The Bertz CT molecular complexity index is 1500. The van der Waals surface area contributed by atoms with Gasteiger partial charge in [-0.05, 0) is 37.1 Å². The van der Waals surface area contributed by atoms with Crippen LogP contribution in [-0.4, -0.2) is 37.5 Å². The van der Waals surface area contributed by atoms with E-state index in [1.165, 1.54) is 7.11 Å². The molecule has 0 spiro atoms. The highest BCUT2D eigenvalue weighted by molar-refractivity contribution is 6.07. The summed E-state index contributed by atoms with van der Waals surface area (Å²) in [4.78, 5) is 17.9. The maximum absolute atomic E-state index is 13.3. The van der Waals surface area contributed by atoms with Crippen LogP contribution in [0.3, 0.4) is 0 Å². The van der Waals surface area contributed by atoms with Gasteiger partial charge in [0.05, 0.1) is 35.7 Å². The van der Waals surface area contributed by atoms with Crippen LogP contribution in [0.5, 0.6) is 5.88 Å². The number of carbonyl (C=O) groups is 1. The summed E-state index contributed by atoms with van der Waals surface area (Å²) in [5, 5.41) is 19.5. The van der Waals surface area contributed by atoms with E-state index in [-0.39, 0.29) is 11.8 Å². The fourth-order valence-electron chi connectivity index (χ4n) is 4.74. The van der Waals surface area contributed by atoms with E-state index in [9.17, 15) is 9.90 Å². The molecule has 0 unspecified atom stereocenters. The molecule has 0 fully saturated rings. The predicted molar refractivity (Wildman–Crippen MR) is 143 cm³/mol. The Hall–Kier alpha value is -4.43. The zero-order valence-corrected chi connectivity index (χ0v) is 21.0. The number of pyridine rings is 1. The van der Waals surface area contributed by atoms with Gasteiger partial charge in [-0.25, -0.2) is 4.98 Å². The second-order valence-corrected chi connectivity index (χ2v) is 8.70. The molecule has 3 heterocycles. The van der Waals surface area contributed by atoms with Crippen LogP contribution in [0, 0.1) is 0 Å². The Labute approximate surface area is 215 Å². The monoisotopic (exact) mass is 495 g/mol.